The zero-order valence-corrected chi connectivity index (χ0v) is 18.5. The van der Waals surface area contributed by atoms with Gasteiger partial charge in [0.15, 0.2) is 0 Å². The Morgan fingerprint density at radius 3 is 2.50 bits per heavy atom. The number of carbonyl (C=O) groups is 2. The minimum Gasteiger partial charge on any atom is -0.507 e. The number of aliphatic hydroxyl groups excluding tert-OH is 1. The van der Waals surface area contributed by atoms with Gasteiger partial charge < -0.3 is 14.7 Å². The largest absolute Gasteiger partial charge is 0.507 e. The molecule has 1 aliphatic rings. The number of benzene rings is 2. The number of carbonyl (C=O) groups excluding carboxylic acids is 2. The van der Waals surface area contributed by atoms with Gasteiger partial charge in [-0.05, 0) is 42.0 Å². The highest BCUT2D eigenvalue weighted by atomic mass is 35.5. The van der Waals surface area contributed by atoms with Crippen LogP contribution < -0.4 is 4.74 Å². The molecule has 3 aromatic rings. The Bertz CT molecular complexity index is 1230. The minimum absolute atomic E-state index is 0.0613. The lowest BCUT2D eigenvalue weighted by Gasteiger charge is -2.25. The van der Waals surface area contributed by atoms with Gasteiger partial charge >= 0.3 is 0 Å². The van der Waals surface area contributed by atoms with Gasteiger partial charge in [-0.25, -0.2) is 0 Å². The van der Waals surface area contributed by atoms with E-state index in [4.69, 9.17) is 27.9 Å². The summed E-state index contributed by atoms with van der Waals surface area (Å²) < 4.78 is 5.33. The topological polar surface area (TPSA) is 79.7 Å². The van der Waals surface area contributed by atoms with Crippen LogP contribution in [0.25, 0.3) is 5.76 Å². The number of aliphatic hydroxyl groups is 1. The van der Waals surface area contributed by atoms with Crippen LogP contribution in [0, 0.1) is 0 Å². The van der Waals surface area contributed by atoms with E-state index in [-0.39, 0.29) is 22.9 Å². The molecule has 1 amide bonds. The van der Waals surface area contributed by atoms with E-state index in [1.807, 2.05) is 0 Å². The second-order valence-electron chi connectivity index (χ2n) is 7.12. The Hall–Kier alpha value is -3.35. The average molecular weight is 469 g/mol. The molecule has 0 spiro atoms. The van der Waals surface area contributed by atoms with E-state index in [9.17, 15) is 14.7 Å². The standard InChI is InChI=1S/C24H18Cl2N2O4/c1-32-19-8-3-2-7-16(19)22(29)20-21(14-9-10-17(25)18(26)12-14)28(24(31)23(20)30)13-15-6-4-5-11-27-15/h2-12,21,29H,13H2,1H3/b22-20-. The summed E-state index contributed by atoms with van der Waals surface area (Å²) in [7, 11) is 1.46. The number of amides is 1. The molecule has 1 aromatic heterocycles. The number of para-hydroxylation sites is 1. The summed E-state index contributed by atoms with van der Waals surface area (Å²) >= 11 is 12.3. The molecule has 1 fully saturated rings. The lowest BCUT2D eigenvalue weighted by molar-refractivity contribution is -0.140. The maximum absolute atomic E-state index is 13.1. The fourth-order valence-electron chi connectivity index (χ4n) is 3.72. The number of Topliss-reactive ketones (excluding diaryl/α,β-unsaturated/α-hetero) is 1. The molecular formula is C24H18Cl2N2O4. The van der Waals surface area contributed by atoms with Crippen molar-refractivity contribution in [2.45, 2.75) is 12.6 Å². The molecule has 4 rings (SSSR count). The molecule has 0 aliphatic carbocycles. The molecule has 0 bridgehead atoms. The van der Waals surface area contributed by atoms with Crippen molar-refractivity contribution in [1.29, 1.82) is 0 Å². The molecule has 2 heterocycles. The number of nitrogens with zero attached hydrogens (tertiary/aromatic N) is 2. The number of likely N-dealkylation sites (tertiary alicyclic amines) is 1. The van der Waals surface area contributed by atoms with Crippen molar-refractivity contribution in [3.05, 3.63) is 99.3 Å². The third-order valence-electron chi connectivity index (χ3n) is 5.22. The number of ether oxygens (including phenoxy) is 1. The van der Waals surface area contributed by atoms with Crippen molar-refractivity contribution >= 4 is 40.7 Å². The molecule has 1 saturated heterocycles. The molecule has 0 radical (unpaired) electrons. The van der Waals surface area contributed by atoms with Crippen LogP contribution in [0.5, 0.6) is 5.75 Å². The van der Waals surface area contributed by atoms with Crippen LogP contribution in [0.15, 0.2) is 72.4 Å². The normalized spacial score (nSPS) is 17.6. The van der Waals surface area contributed by atoms with Crippen molar-refractivity contribution in [2.24, 2.45) is 0 Å². The third kappa shape index (κ3) is 3.95. The maximum atomic E-state index is 13.1. The molecule has 1 aliphatic heterocycles. The summed E-state index contributed by atoms with van der Waals surface area (Å²) in [5, 5.41) is 11.8. The van der Waals surface area contributed by atoms with E-state index in [1.54, 1.807) is 66.9 Å². The van der Waals surface area contributed by atoms with Crippen LogP contribution in [0.1, 0.15) is 22.9 Å². The lowest BCUT2D eigenvalue weighted by Crippen LogP contribution is -2.29. The van der Waals surface area contributed by atoms with Crippen molar-refractivity contribution < 1.29 is 19.4 Å². The molecule has 162 valence electrons. The molecule has 0 saturated carbocycles. The quantitative estimate of drug-likeness (QED) is 0.323. The van der Waals surface area contributed by atoms with Gasteiger partial charge in [0.05, 0.1) is 46.6 Å². The van der Waals surface area contributed by atoms with Gasteiger partial charge in [-0.3, -0.25) is 14.6 Å². The lowest BCUT2D eigenvalue weighted by atomic mass is 9.95. The SMILES string of the molecule is COc1ccccc1/C(O)=C1/C(=O)C(=O)N(Cc2ccccn2)C1c1ccc(Cl)c(Cl)c1. The zero-order valence-electron chi connectivity index (χ0n) is 17.0. The van der Waals surface area contributed by atoms with E-state index < -0.39 is 17.7 Å². The molecular weight excluding hydrogens is 451 g/mol. The molecule has 2 aromatic carbocycles. The monoisotopic (exact) mass is 468 g/mol. The van der Waals surface area contributed by atoms with Gasteiger partial charge in [-0.2, -0.15) is 0 Å². The fraction of sp³-hybridized carbons (Fsp3) is 0.125. The van der Waals surface area contributed by atoms with Crippen LogP contribution in [0.4, 0.5) is 0 Å². The van der Waals surface area contributed by atoms with Crippen molar-refractivity contribution in [3.8, 4) is 5.75 Å². The number of pyridine rings is 1. The maximum Gasteiger partial charge on any atom is 0.296 e. The van der Waals surface area contributed by atoms with E-state index in [0.29, 0.717) is 27.6 Å². The number of hydrogen-bond donors (Lipinski definition) is 1. The van der Waals surface area contributed by atoms with Crippen LogP contribution >= 0.6 is 23.2 Å². The predicted octanol–water partition coefficient (Wildman–Crippen LogP) is 5.02. The highest BCUT2D eigenvalue weighted by Crippen LogP contribution is 2.42. The van der Waals surface area contributed by atoms with Crippen molar-refractivity contribution in [2.75, 3.05) is 7.11 Å². The van der Waals surface area contributed by atoms with E-state index in [1.165, 1.54) is 12.0 Å². The molecule has 1 unspecified atom stereocenters. The van der Waals surface area contributed by atoms with E-state index in [0.717, 1.165) is 0 Å². The number of rotatable bonds is 5. The van der Waals surface area contributed by atoms with E-state index >= 15 is 0 Å². The van der Waals surface area contributed by atoms with Gasteiger partial charge in [-0.1, -0.05) is 47.5 Å². The Balaban J connectivity index is 1.91. The smallest absolute Gasteiger partial charge is 0.296 e. The van der Waals surface area contributed by atoms with Gasteiger partial charge in [-0.15, -0.1) is 0 Å². The number of hydrogen-bond acceptors (Lipinski definition) is 5. The summed E-state index contributed by atoms with van der Waals surface area (Å²) in [4.78, 5) is 31.8. The first-order chi connectivity index (χ1) is 15.4. The Morgan fingerprint density at radius 1 is 1.06 bits per heavy atom. The first kappa shape index (κ1) is 21.9. The van der Waals surface area contributed by atoms with Crippen LogP contribution in [0.2, 0.25) is 10.0 Å². The number of ketones is 1. The second kappa shape index (κ2) is 9.02. The molecule has 1 atom stereocenters. The first-order valence-electron chi connectivity index (χ1n) is 9.69. The zero-order chi connectivity index (χ0) is 22.8. The van der Waals surface area contributed by atoms with E-state index in [2.05, 4.69) is 4.98 Å². The van der Waals surface area contributed by atoms with Crippen LogP contribution in [0.3, 0.4) is 0 Å². The van der Waals surface area contributed by atoms with Gasteiger partial charge in [0.25, 0.3) is 11.7 Å². The Morgan fingerprint density at radius 2 is 1.81 bits per heavy atom. The number of aromatic nitrogens is 1. The van der Waals surface area contributed by atoms with Crippen LogP contribution in [-0.2, 0) is 16.1 Å². The molecule has 6 nitrogen and oxygen atoms in total. The Labute approximate surface area is 194 Å². The highest BCUT2D eigenvalue weighted by molar-refractivity contribution is 6.46. The highest BCUT2D eigenvalue weighted by Gasteiger charge is 2.46. The summed E-state index contributed by atoms with van der Waals surface area (Å²) in [6, 6.07) is 16.0. The summed E-state index contributed by atoms with van der Waals surface area (Å²) in [6.07, 6.45) is 1.61. The predicted molar refractivity (Wildman–Crippen MR) is 122 cm³/mol. The van der Waals surface area contributed by atoms with Crippen molar-refractivity contribution in [1.82, 2.24) is 9.88 Å². The molecule has 1 N–H and O–H groups in total. The van der Waals surface area contributed by atoms with Gasteiger partial charge in [0.1, 0.15) is 11.5 Å². The molecule has 8 heteroatoms. The summed E-state index contributed by atoms with van der Waals surface area (Å²) in [5.41, 5.74) is 1.37. The number of methoxy groups -OCH3 is 1. The third-order valence-corrected chi connectivity index (χ3v) is 5.96. The van der Waals surface area contributed by atoms with Gasteiger partial charge in [0, 0.05) is 6.20 Å². The first-order valence-corrected chi connectivity index (χ1v) is 10.4. The Kier molecular flexibility index (Phi) is 6.17. The van der Waals surface area contributed by atoms with Crippen molar-refractivity contribution in [3.63, 3.8) is 0 Å². The fourth-order valence-corrected chi connectivity index (χ4v) is 4.03. The van der Waals surface area contributed by atoms with Gasteiger partial charge in [0.2, 0.25) is 0 Å². The summed E-state index contributed by atoms with van der Waals surface area (Å²) in [5.74, 6) is -1.52. The van der Waals surface area contributed by atoms with Crippen LogP contribution in [-0.4, -0.2) is 33.8 Å². The number of halogens is 2. The summed E-state index contributed by atoms with van der Waals surface area (Å²) in [6.45, 7) is 0.0685. The average Bonchev–Trinajstić information content (AvgIpc) is 3.06. The second-order valence-corrected chi connectivity index (χ2v) is 7.94. The minimum atomic E-state index is -0.892. The molecule has 32 heavy (non-hydrogen) atoms.